The number of nitrogens with zero attached hydrogens (tertiary/aromatic N) is 4. The van der Waals surface area contributed by atoms with Gasteiger partial charge in [-0.2, -0.15) is 0 Å². The van der Waals surface area contributed by atoms with Gasteiger partial charge < -0.3 is 4.90 Å². The van der Waals surface area contributed by atoms with Crippen LogP contribution in [0, 0.1) is 0 Å². The van der Waals surface area contributed by atoms with E-state index in [1.54, 1.807) is 0 Å². The normalized spacial score (nSPS) is 22.2. The van der Waals surface area contributed by atoms with E-state index in [9.17, 15) is 0 Å². The number of likely N-dealkylation sites (N-methyl/N-ethyl adjacent to an activating group) is 2. The van der Waals surface area contributed by atoms with E-state index in [1.807, 2.05) is 13.8 Å². The SMILES string of the molecule is CC(C)c1c(Cl)nc(C2CN(C)CCN2C)nc1Cl. The first-order chi connectivity index (χ1) is 8.90. The number of piperazine rings is 1. The number of aromatic nitrogens is 2. The van der Waals surface area contributed by atoms with E-state index in [-0.39, 0.29) is 12.0 Å². The molecule has 0 bridgehead atoms. The Morgan fingerprint density at radius 3 is 2.21 bits per heavy atom. The zero-order valence-corrected chi connectivity index (χ0v) is 13.3. The van der Waals surface area contributed by atoms with Gasteiger partial charge in [0, 0.05) is 25.2 Å². The molecule has 0 N–H and O–H groups in total. The van der Waals surface area contributed by atoms with Gasteiger partial charge in [-0.3, -0.25) is 4.90 Å². The van der Waals surface area contributed by atoms with Gasteiger partial charge in [-0.05, 0) is 20.0 Å². The summed E-state index contributed by atoms with van der Waals surface area (Å²) in [4.78, 5) is 13.4. The fourth-order valence-corrected chi connectivity index (χ4v) is 3.18. The second kappa shape index (κ2) is 5.92. The molecule has 2 rings (SSSR count). The highest BCUT2D eigenvalue weighted by molar-refractivity contribution is 6.34. The summed E-state index contributed by atoms with van der Waals surface area (Å²) in [5.74, 6) is 0.939. The first kappa shape index (κ1) is 15.0. The second-order valence-corrected chi connectivity index (χ2v) is 6.21. The Hall–Kier alpha value is -0.420. The predicted octanol–water partition coefficient (Wildman–Crippen LogP) is 2.83. The second-order valence-electron chi connectivity index (χ2n) is 5.49. The topological polar surface area (TPSA) is 32.3 Å². The molecular weight excluding hydrogens is 283 g/mol. The van der Waals surface area contributed by atoms with Crippen LogP contribution >= 0.6 is 23.2 Å². The monoisotopic (exact) mass is 302 g/mol. The molecule has 0 spiro atoms. The summed E-state index contributed by atoms with van der Waals surface area (Å²) in [6, 6.07) is 0.148. The van der Waals surface area contributed by atoms with E-state index in [2.05, 4.69) is 33.9 Å². The van der Waals surface area contributed by atoms with Crippen LogP contribution in [0.4, 0.5) is 0 Å². The highest BCUT2D eigenvalue weighted by Gasteiger charge is 2.27. The van der Waals surface area contributed by atoms with Crippen molar-refractivity contribution in [3.05, 3.63) is 21.7 Å². The summed E-state index contributed by atoms with van der Waals surface area (Å²) in [5.41, 5.74) is 0.832. The molecule has 0 radical (unpaired) electrons. The number of halogens is 2. The lowest BCUT2D eigenvalue weighted by molar-refractivity contribution is 0.109. The maximum absolute atomic E-state index is 6.27. The third-order valence-electron chi connectivity index (χ3n) is 3.60. The summed E-state index contributed by atoms with van der Waals surface area (Å²) in [6.07, 6.45) is 0. The van der Waals surface area contributed by atoms with Crippen LogP contribution in [0.25, 0.3) is 0 Å². The molecule has 1 aromatic rings. The van der Waals surface area contributed by atoms with Crippen LogP contribution in [0.15, 0.2) is 0 Å². The summed E-state index contributed by atoms with van der Waals surface area (Å²) in [6.45, 7) is 7.02. The van der Waals surface area contributed by atoms with Crippen LogP contribution in [-0.4, -0.2) is 53.5 Å². The smallest absolute Gasteiger partial charge is 0.150 e. The highest BCUT2D eigenvalue weighted by Crippen LogP contribution is 2.31. The van der Waals surface area contributed by atoms with Gasteiger partial charge in [0.15, 0.2) is 0 Å². The Bertz CT molecular complexity index is 441. The molecule has 1 saturated heterocycles. The maximum Gasteiger partial charge on any atom is 0.150 e. The van der Waals surface area contributed by atoms with Crippen molar-refractivity contribution in [2.75, 3.05) is 33.7 Å². The standard InChI is InChI=1S/C13H20Cl2N4/c1-8(2)10-11(14)16-13(17-12(10)15)9-7-18(3)5-6-19(9)4/h8-9H,5-7H2,1-4H3. The Labute approximate surface area is 124 Å². The number of hydrogen-bond donors (Lipinski definition) is 0. The van der Waals surface area contributed by atoms with Crippen molar-refractivity contribution in [1.29, 1.82) is 0 Å². The van der Waals surface area contributed by atoms with E-state index in [1.165, 1.54) is 0 Å². The van der Waals surface area contributed by atoms with Crippen LogP contribution in [0.3, 0.4) is 0 Å². The third kappa shape index (κ3) is 3.19. The average Bonchev–Trinajstić information content (AvgIpc) is 2.30. The van der Waals surface area contributed by atoms with Crippen molar-refractivity contribution in [2.24, 2.45) is 0 Å². The molecule has 4 nitrogen and oxygen atoms in total. The van der Waals surface area contributed by atoms with Gasteiger partial charge in [-0.25, -0.2) is 9.97 Å². The van der Waals surface area contributed by atoms with Crippen molar-refractivity contribution < 1.29 is 0 Å². The van der Waals surface area contributed by atoms with Crippen LogP contribution in [0.2, 0.25) is 10.3 Å². The predicted molar refractivity (Wildman–Crippen MR) is 79.0 cm³/mol. The maximum atomic E-state index is 6.27. The molecule has 2 heterocycles. The lowest BCUT2D eigenvalue weighted by Gasteiger charge is -2.36. The fraction of sp³-hybridized carbons (Fsp3) is 0.692. The molecule has 1 aromatic heterocycles. The van der Waals surface area contributed by atoms with Gasteiger partial charge in [0.2, 0.25) is 0 Å². The van der Waals surface area contributed by atoms with Crippen LogP contribution in [-0.2, 0) is 0 Å². The minimum absolute atomic E-state index is 0.148. The van der Waals surface area contributed by atoms with E-state index in [0.717, 1.165) is 25.2 Å². The van der Waals surface area contributed by atoms with Crippen molar-refractivity contribution in [3.8, 4) is 0 Å². The van der Waals surface area contributed by atoms with E-state index in [4.69, 9.17) is 23.2 Å². The first-order valence-corrected chi connectivity index (χ1v) is 7.27. The molecule has 1 atom stereocenters. The summed E-state index contributed by atoms with van der Waals surface area (Å²) >= 11 is 12.5. The van der Waals surface area contributed by atoms with Crippen molar-refractivity contribution in [1.82, 2.24) is 19.8 Å². The Morgan fingerprint density at radius 1 is 1.11 bits per heavy atom. The van der Waals surface area contributed by atoms with Gasteiger partial charge in [0.1, 0.15) is 16.1 Å². The van der Waals surface area contributed by atoms with E-state index >= 15 is 0 Å². The van der Waals surface area contributed by atoms with Crippen LogP contribution < -0.4 is 0 Å². The molecule has 0 aromatic carbocycles. The molecule has 1 fully saturated rings. The van der Waals surface area contributed by atoms with Crippen LogP contribution in [0.5, 0.6) is 0 Å². The summed E-state index contributed by atoms with van der Waals surface area (Å²) in [5, 5.41) is 0.957. The minimum atomic E-state index is 0.148. The van der Waals surface area contributed by atoms with Crippen molar-refractivity contribution in [3.63, 3.8) is 0 Å². The molecule has 0 saturated carbocycles. The average molecular weight is 303 g/mol. The van der Waals surface area contributed by atoms with Crippen LogP contribution in [0.1, 0.15) is 37.2 Å². The van der Waals surface area contributed by atoms with Gasteiger partial charge in [0.25, 0.3) is 0 Å². The zero-order valence-electron chi connectivity index (χ0n) is 11.8. The molecule has 6 heteroatoms. The number of hydrogen-bond acceptors (Lipinski definition) is 4. The third-order valence-corrected chi connectivity index (χ3v) is 4.17. The lowest BCUT2D eigenvalue weighted by Crippen LogP contribution is -2.45. The zero-order chi connectivity index (χ0) is 14.2. The Morgan fingerprint density at radius 2 is 1.68 bits per heavy atom. The van der Waals surface area contributed by atoms with Gasteiger partial charge >= 0.3 is 0 Å². The molecule has 1 aliphatic heterocycles. The minimum Gasteiger partial charge on any atom is -0.303 e. The lowest BCUT2D eigenvalue weighted by atomic mass is 10.1. The van der Waals surface area contributed by atoms with Gasteiger partial charge in [-0.1, -0.05) is 37.0 Å². The largest absolute Gasteiger partial charge is 0.303 e. The molecular formula is C13H20Cl2N4. The van der Waals surface area contributed by atoms with Gasteiger partial charge in [-0.15, -0.1) is 0 Å². The fourth-order valence-electron chi connectivity index (χ4n) is 2.35. The Balaban J connectivity index is 2.35. The molecule has 0 amide bonds. The molecule has 1 unspecified atom stereocenters. The van der Waals surface area contributed by atoms with E-state index < -0.39 is 0 Å². The highest BCUT2D eigenvalue weighted by atomic mass is 35.5. The molecule has 19 heavy (non-hydrogen) atoms. The molecule has 106 valence electrons. The molecule has 1 aliphatic rings. The van der Waals surface area contributed by atoms with E-state index in [0.29, 0.717) is 16.1 Å². The van der Waals surface area contributed by atoms with Crippen molar-refractivity contribution >= 4 is 23.2 Å². The van der Waals surface area contributed by atoms with Gasteiger partial charge in [0.05, 0.1) is 6.04 Å². The summed E-state index contributed by atoms with van der Waals surface area (Å²) in [7, 11) is 4.19. The quantitative estimate of drug-likeness (QED) is 0.787. The number of rotatable bonds is 2. The molecule has 0 aliphatic carbocycles. The van der Waals surface area contributed by atoms with Crippen molar-refractivity contribution in [2.45, 2.75) is 25.8 Å². The summed E-state index contributed by atoms with van der Waals surface area (Å²) < 4.78 is 0. The Kier molecular flexibility index (Phi) is 4.66. The first-order valence-electron chi connectivity index (χ1n) is 6.51.